The highest BCUT2D eigenvalue weighted by Crippen LogP contribution is 2.39. The van der Waals surface area contributed by atoms with Gasteiger partial charge in [0, 0.05) is 57.9 Å². The van der Waals surface area contributed by atoms with Crippen molar-refractivity contribution in [2.24, 2.45) is 10.4 Å². The van der Waals surface area contributed by atoms with Gasteiger partial charge in [-0.3, -0.25) is 9.79 Å². The second kappa shape index (κ2) is 11.7. The van der Waals surface area contributed by atoms with Crippen molar-refractivity contribution >= 4 is 47.4 Å². The highest BCUT2D eigenvalue weighted by atomic mass is 127. The van der Waals surface area contributed by atoms with E-state index in [0.717, 1.165) is 69.3 Å². The third-order valence-corrected chi connectivity index (χ3v) is 6.95. The van der Waals surface area contributed by atoms with Gasteiger partial charge in [0.25, 0.3) is 0 Å². The van der Waals surface area contributed by atoms with Gasteiger partial charge in [-0.05, 0) is 43.4 Å². The maximum atomic E-state index is 12.8. The zero-order chi connectivity index (χ0) is 21.6. The van der Waals surface area contributed by atoms with Crippen molar-refractivity contribution in [3.8, 4) is 0 Å². The standard InChI is InChI=1S/C23H35ClN4O2.HI/c1-25-21(27-17-23(9-4-5-10-23)20(29)28(2)3)26-16-22(11-13-30-14-12-22)18-7-6-8-19(24)15-18;/h6-8,15H,4-5,9-14,16-17H2,1-3H3,(H2,25,26,27);1H. The van der Waals surface area contributed by atoms with Crippen LogP contribution in [0.4, 0.5) is 0 Å². The van der Waals surface area contributed by atoms with Crippen LogP contribution in [-0.4, -0.2) is 64.2 Å². The number of nitrogens with zero attached hydrogens (tertiary/aromatic N) is 2. The summed E-state index contributed by atoms with van der Waals surface area (Å²) in [4.78, 5) is 19.0. The van der Waals surface area contributed by atoms with Crippen LogP contribution < -0.4 is 10.6 Å². The molecule has 1 saturated heterocycles. The molecule has 1 amide bonds. The predicted molar refractivity (Wildman–Crippen MR) is 138 cm³/mol. The minimum absolute atomic E-state index is 0. The van der Waals surface area contributed by atoms with Crippen LogP contribution >= 0.6 is 35.6 Å². The van der Waals surface area contributed by atoms with E-state index in [1.54, 1.807) is 11.9 Å². The van der Waals surface area contributed by atoms with Crippen molar-refractivity contribution in [2.75, 3.05) is 47.4 Å². The summed E-state index contributed by atoms with van der Waals surface area (Å²) in [7, 11) is 5.46. The Balaban J connectivity index is 0.00000341. The number of halogens is 2. The van der Waals surface area contributed by atoms with Crippen molar-refractivity contribution in [1.82, 2.24) is 15.5 Å². The topological polar surface area (TPSA) is 66.0 Å². The average molecular weight is 563 g/mol. The molecule has 0 spiro atoms. The molecule has 6 nitrogen and oxygen atoms in total. The zero-order valence-electron chi connectivity index (χ0n) is 18.9. The molecule has 8 heteroatoms. The van der Waals surface area contributed by atoms with Crippen LogP contribution in [-0.2, 0) is 14.9 Å². The molecule has 2 aliphatic rings. The van der Waals surface area contributed by atoms with Crippen LogP contribution in [0, 0.1) is 5.41 Å². The van der Waals surface area contributed by atoms with E-state index < -0.39 is 0 Å². The summed E-state index contributed by atoms with van der Waals surface area (Å²) in [5.41, 5.74) is 0.853. The van der Waals surface area contributed by atoms with E-state index in [1.165, 1.54) is 5.56 Å². The number of ether oxygens (including phenoxy) is 1. The first-order chi connectivity index (χ1) is 14.4. The van der Waals surface area contributed by atoms with Crippen molar-refractivity contribution in [3.63, 3.8) is 0 Å². The lowest BCUT2D eigenvalue weighted by Gasteiger charge is -2.38. The largest absolute Gasteiger partial charge is 0.381 e. The Morgan fingerprint density at radius 2 is 1.77 bits per heavy atom. The molecule has 0 atom stereocenters. The van der Waals surface area contributed by atoms with Crippen molar-refractivity contribution in [2.45, 2.75) is 43.9 Å². The number of hydrogen-bond acceptors (Lipinski definition) is 3. The van der Waals surface area contributed by atoms with Gasteiger partial charge >= 0.3 is 0 Å². The minimum atomic E-state index is -0.329. The Bertz CT molecular complexity index is 760. The van der Waals surface area contributed by atoms with E-state index in [0.29, 0.717) is 6.54 Å². The summed E-state index contributed by atoms with van der Waals surface area (Å²) in [5.74, 6) is 0.948. The smallest absolute Gasteiger partial charge is 0.230 e. The second-order valence-electron chi connectivity index (χ2n) is 8.87. The van der Waals surface area contributed by atoms with Gasteiger partial charge in [0.05, 0.1) is 5.41 Å². The first-order valence-electron chi connectivity index (χ1n) is 10.9. The zero-order valence-corrected chi connectivity index (χ0v) is 22.0. The number of nitrogens with one attached hydrogen (secondary N) is 2. The molecule has 1 aromatic rings. The minimum Gasteiger partial charge on any atom is -0.381 e. The molecule has 1 aromatic carbocycles. The van der Waals surface area contributed by atoms with Crippen LogP contribution in [0.25, 0.3) is 0 Å². The Hall–Kier alpha value is -1.06. The molecule has 1 aliphatic heterocycles. The molecule has 1 heterocycles. The van der Waals surface area contributed by atoms with Crippen LogP contribution in [0.5, 0.6) is 0 Å². The highest BCUT2D eigenvalue weighted by molar-refractivity contribution is 14.0. The summed E-state index contributed by atoms with van der Waals surface area (Å²) < 4.78 is 5.64. The van der Waals surface area contributed by atoms with Gasteiger partial charge in [-0.25, -0.2) is 0 Å². The van der Waals surface area contributed by atoms with Gasteiger partial charge < -0.3 is 20.3 Å². The monoisotopic (exact) mass is 562 g/mol. The third-order valence-electron chi connectivity index (χ3n) is 6.72. The summed E-state index contributed by atoms with van der Waals surface area (Å²) in [6.45, 7) is 2.82. The highest BCUT2D eigenvalue weighted by Gasteiger charge is 2.42. The second-order valence-corrected chi connectivity index (χ2v) is 9.31. The van der Waals surface area contributed by atoms with Crippen LogP contribution in [0.15, 0.2) is 29.3 Å². The predicted octanol–water partition coefficient (Wildman–Crippen LogP) is 3.82. The number of amides is 1. The molecule has 0 aromatic heterocycles. The quantitative estimate of drug-likeness (QED) is 0.314. The summed E-state index contributed by atoms with van der Waals surface area (Å²) in [5, 5.41) is 7.72. The number of rotatable bonds is 6. The number of guanidine groups is 1. The first kappa shape index (κ1) is 26.2. The lowest BCUT2D eigenvalue weighted by Crippen LogP contribution is -2.52. The molecule has 0 radical (unpaired) electrons. The maximum absolute atomic E-state index is 12.8. The van der Waals surface area contributed by atoms with Crippen molar-refractivity contribution in [1.29, 1.82) is 0 Å². The van der Waals surface area contributed by atoms with E-state index in [4.69, 9.17) is 16.3 Å². The molecule has 1 saturated carbocycles. The van der Waals surface area contributed by atoms with Crippen LogP contribution in [0.2, 0.25) is 5.02 Å². The van der Waals surface area contributed by atoms with E-state index in [9.17, 15) is 4.79 Å². The van der Waals surface area contributed by atoms with Gasteiger partial charge in [-0.1, -0.05) is 36.6 Å². The van der Waals surface area contributed by atoms with E-state index in [-0.39, 0.29) is 40.7 Å². The molecule has 2 N–H and O–H groups in total. The third kappa shape index (κ3) is 6.26. The summed E-state index contributed by atoms with van der Waals surface area (Å²) in [6.07, 6.45) is 5.92. The summed E-state index contributed by atoms with van der Waals surface area (Å²) in [6, 6.07) is 8.14. The molecule has 1 aliphatic carbocycles. The van der Waals surface area contributed by atoms with Crippen molar-refractivity contribution < 1.29 is 9.53 Å². The van der Waals surface area contributed by atoms with E-state index >= 15 is 0 Å². The van der Waals surface area contributed by atoms with Crippen LogP contribution in [0.1, 0.15) is 44.1 Å². The average Bonchev–Trinajstić information content (AvgIpc) is 3.24. The van der Waals surface area contributed by atoms with Crippen molar-refractivity contribution in [3.05, 3.63) is 34.9 Å². The van der Waals surface area contributed by atoms with Gasteiger partial charge in [0.15, 0.2) is 5.96 Å². The van der Waals surface area contributed by atoms with Gasteiger partial charge in [-0.15, -0.1) is 24.0 Å². The van der Waals surface area contributed by atoms with Gasteiger partial charge in [0.2, 0.25) is 5.91 Å². The molecule has 3 rings (SSSR count). The molecular formula is C23H36ClIN4O2. The lowest BCUT2D eigenvalue weighted by atomic mass is 9.74. The Morgan fingerprint density at radius 1 is 1.13 bits per heavy atom. The number of aliphatic imine (C=N–C) groups is 1. The molecule has 174 valence electrons. The maximum Gasteiger partial charge on any atom is 0.230 e. The fourth-order valence-corrected chi connectivity index (χ4v) is 5.06. The first-order valence-corrected chi connectivity index (χ1v) is 11.3. The number of benzene rings is 1. The molecular weight excluding hydrogens is 527 g/mol. The fraction of sp³-hybridized carbons (Fsp3) is 0.652. The molecule has 0 unspecified atom stereocenters. The SMILES string of the molecule is CN=C(NCC1(C(=O)N(C)C)CCCC1)NCC1(c2cccc(Cl)c2)CCOCC1.I. The van der Waals surface area contributed by atoms with Crippen LogP contribution in [0.3, 0.4) is 0 Å². The number of hydrogen-bond donors (Lipinski definition) is 2. The number of carbonyl (C=O) groups is 1. The Labute approximate surface area is 208 Å². The molecule has 2 fully saturated rings. The summed E-state index contributed by atoms with van der Waals surface area (Å²) >= 11 is 6.29. The van der Waals surface area contributed by atoms with Gasteiger partial charge in [0.1, 0.15) is 0 Å². The van der Waals surface area contributed by atoms with E-state index in [2.05, 4.69) is 27.8 Å². The lowest BCUT2D eigenvalue weighted by molar-refractivity contribution is -0.138. The number of carbonyl (C=O) groups excluding carboxylic acids is 1. The molecule has 31 heavy (non-hydrogen) atoms. The fourth-order valence-electron chi connectivity index (χ4n) is 4.87. The Kier molecular flexibility index (Phi) is 9.89. The van der Waals surface area contributed by atoms with E-state index in [1.807, 2.05) is 26.2 Å². The Morgan fingerprint density at radius 3 is 2.35 bits per heavy atom. The molecule has 0 bridgehead atoms. The van der Waals surface area contributed by atoms with Gasteiger partial charge in [-0.2, -0.15) is 0 Å². The normalized spacial score (nSPS) is 19.9.